The smallest absolute Gasteiger partial charge is 0.313 e. The normalized spacial score (nSPS) is 29.8. The van der Waals surface area contributed by atoms with Crippen LogP contribution in [0, 0.1) is 11.8 Å². The average molecular weight is 722 g/mol. The zero-order valence-electron chi connectivity index (χ0n) is 29.6. The maximum Gasteiger partial charge on any atom is 0.313 e. The molecule has 0 unspecified atom stereocenters. The fourth-order valence-electron chi connectivity index (χ4n) is 8.19. The average Bonchev–Trinajstić information content (AvgIpc) is 3.57. The highest BCUT2D eigenvalue weighted by Gasteiger charge is 2.72. The molecule has 0 saturated carbocycles. The van der Waals surface area contributed by atoms with Crippen LogP contribution in [0.4, 0.5) is 5.69 Å². The van der Waals surface area contributed by atoms with Crippen molar-refractivity contribution < 1.29 is 43.2 Å². The van der Waals surface area contributed by atoms with E-state index in [-0.39, 0.29) is 25.5 Å². The van der Waals surface area contributed by atoms with Crippen LogP contribution in [0.15, 0.2) is 109 Å². The van der Waals surface area contributed by atoms with Crippen LogP contribution in [-0.4, -0.2) is 91.5 Å². The lowest BCUT2D eigenvalue weighted by molar-refractivity contribution is -0.162. The van der Waals surface area contributed by atoms with Gasteiger partial charge in [-0.05, 0) is 41.8 Å². The van der Waals surface area contributed by atoms with Crippen molar-refractivity contribution in [2.75, 3.05) is 38.9 Å². The zero-order valence-corrected chi connectivity index (χ0v) is 29.6. The van der Waals surface area contributed by atoms with Crippen molar-refractivity contribution in [2.24, 2.45) is 11.8 Å². The van der Waals surface area contributed by atoms with Crippen molar-refractivity contribution in [3.63, 3.8) is 0 Å². The lowest BCUT2D eigenvalue weighted by Gasteiger charge is -2.38. The van der Waals surface area contributed by atoms with E-state index in [2.05, 4.69) is 5.32 Å². The third-order valence-electron chi connectivity index (χ3n) is 10.6. The van der Waals surface area contributed by atoms with Gasteiger partial charge < -0.3 is 39.2 Å². The van der Waals surface area contributed by atoms with Gasteiger partial charge in [0.05, 0.1) is 44.4 Å². The molecule has 2 saturated heterocycles. The Morgan fingerprint density at radius 1 is 0.925 bits per heavy atom. The molecule has 0 aromatic heterocycles. The molecular weight excluding hydrogens is 678 g/mol. The van der Waals surface area contributed by atoms with Crippen LogP contribution in [0.5, 0.6) is 5.75 Å². The summed E-state index contributed by atoms with van der Waals surface area (Å²) >= 11 is 0. The first-order valence-corrected chi connectivity index (χ1v) is 17.8. The molecule has 2 N–H and O–H groups in total. The first-order valence-electron chi connectivity index (χ1n) is 17.8. The van der Waals surface area contributed by atoms with Crippen LogP contribution < -0.4 is 15.0 Å². The van der Waals surface area contributed by atoms with Gasteiger partial charge in [-0.25, -0.2) is 0 Å². The molecule has 0 aliphatic carbocycles. The molecule has 1 spiro atoms. The molecule has 276 valence electrons. The van der Waals surface area contributed by atoms with Gasteiger partial charge in [-0.15, -0.1) is 0 Å². The summed E-state index contributed by atoms with van der Waals surface area (Å²) in [6.45, 7) is -0.273. The number of nitrogens with one attached hydrogen (secondary N) is 1. The number of ether oxygens (including phenoxy) is 4. The lowest BCUT2D eigenvalue weighted by Crippen LogP contribution is -2.56. The first-order chi connectivity index (χ1) is 25.8. The number of fused-ring (bicyclic) bond motifs is 2. The van der Waals surface area contributed by atoms with Crippen LogP contribution in [-0.2, 0) is 33.4 Å². The Bertz CT molecular complexity index is 1870. The highest BCUT2D eigenvalue weighted by Crippen LogP contribution is 2.55. The van der Waals surface area contributed by atoms with Crippen LogP contribution in [0.25, 0.3) is 0 Å². The molecule has 0 radical (unpaired) electrons. The van der Waals surface area contributed by atoms with Crippen LogP contribution in [0.1, 0.15) is 36.1 Å². The van der Waals surface area contributed by atoms with E-state index in [0.29, 0.717) is 29.0 Å². The number of nitrogens with zero attached hydrogens (tertiary/aromatic N) is 2. The third kappa shape index (κ3) is 6.62. The van der Waals surface area contributed by atoms with Crippen LogP contribution in [0.3, 0.4) is 0 Å². The predicted octanol–water partition coefficient (Wildman–Crippen LogP) is 3.68. The minimum absolute atomic E-state index is 0.0505. The monoisotopic (exact) mass is 721 g/mol. The highest BCUT2D eigenvalue weighted by atomic mass is 16.6. The Morgan fingerprint density at radius 3 is 2.32 bits per heavy atom. The molecule has 12 nitrogen and oxygen atoms in total. The minimum Gasteiger partial charge on any atom is -0.497 e. The van der Waals surface area contributed by atoms with Crippen LogP contribution in [0.2, 0.25) is 0 Å². The number of methoxy groups -OCH3 is 2. The number of esters is 1. The number of hydrogen-bond acceptors (Lipinski definition) is 9. The Labute approximate surface area is 308 Å². The van der Waals surface area contributed by atoms with E-state index in [1.54, 1.807) is 97.0 Å². The summed E-state index contributed by atoms with van der Waals surface area (Å²) < 4.78 is 24.1. The Balaban J connectivity index is 1.36. The first kappa shape index (κ1) is 36.1. The molecule has 4 aliphatic rings. The van der Waals surface area contributed by atoms with Crippen molar-refractivity contribution in [2.45, 2.75) is 48.8 Å². The van der Waals surface area contributed by atoms with E-state index in [0.717, 1.165) is 0 Å². The molecule has 3 aromatic rings. The van der Waals surface area contributed by atoms with E-state index >= 15 is 9.59 Å². The number of carbonyl (C=O) groups excluding carboxylic acids is 4. The fourth-order valence-corrected chi connectivity index (χ4v) is 8.19. The quantitative estimate of drug-likeness (QED) is 0.263. The third-order valence-corrected chi connectivity index (χ3v) is 10.6. The standard InChI is InChI=1S/C41H43N3O9/c1-50-25-30-36(27-14-7-4-8-15-27)52-40(49)34-32(16-9-10-17-33(46)42-30)53-41-22-11-23-43(28-18-20-29(51-2)21-19-28)39(48)37(41)44(38(47)35(34)41)31(24-45)26-12-5-3-6-13-26/h3-9,11-16,18-22,30-32,34-37,45H,10,17,23-25H2,1-2H3,(H,42,46)/b16-9-/t30-,31+,32-,34+,35+,36-,37-,41+/m0/s1. The van der Waals surface area contributed by atoms with Gasteiger partial charge in [0, 0.05) is 25.8 Å². The topological polar surface area (TPSA) is 144 Å². The van der Waals surface area contributed by atoms with Crippen molar-refractivity contribution >= 4 is 29.4 Å². The molecule has 4 heterocycles. The van der Waals surface area contributed by atoms with E-state index in [1.807, 2.05) is 24.3 Å². The predicted molar refractivity (Wildman–Crippen MR) is 193 cm³/mol. The van der Waals surface area contributed by atoms with Gasteiger partial charge in [0.15, 0.2) is 0 Å². The van der Waals surface area contributed by atoms with Crippen molar-refractivity contribution in [3.8, 4) is 5.75 Å². The molecule has 7 rings (SSSR count). The maximum atomic E-state index is 15.1. The summed E-state index contributed by atoms with van der Waals surface area (Å²) in [5.41, 5.74) is 0.209. The molecule has 3 aromatic carbocycles. The Morgan fingerprint density at radius 2 is 1.64 bits per heavy atom. The van der Waals surface area contributed by atoms with Gasteiger partial charge in [0.1, 0.15) is 29.4 Å². The Hall–Kier alpha value is -5.30. The number of amides is 3. The van der Waals surface area contributed by atoms with E-state index in [4.69, 9.17) is 18.9 Å². The number of rotatable bonds is 8. The number of aliphatic hydroxyl groups is 1. The highest BCUT2D eigenvalue weighted by molar-refractivity contribution is 6.05. The number of carbonyl (C=O) groups is 4. The van der Waals surface area contributed by atoms with Gasteiger partial charge in [-0.3, -0.25) is 19.2 Å². The molecule has 53 heavy (non-hydrogen) atoms. The summed E-state index contributed by atoms with van der Waals surface area (Å²) in [6, 6.07) is 22.1. The van der Waals surface area contributed by atoms with Crippen molar-refractivity contribution in [1.29, 1.82) is 0 Å². The Kier molecular flexibility index (Phi) is 10.5. The van der Waals surface area contributed by atoms with Gasteiger partial charge in [0.25, 0.3) is 5.91 Å². The number of aliphatic hydroxyl groups excluding tert-OH is 1. The summed E-state index contributed by atoms with van der Waals surface area (Å²) in [5.74, 6) is -3.69. The number of anilines is 1. The lowest BCUT2D eigenvalue weighted by atomic mass is 9.77. The number of benzene rings is 3. The summed E-state index contributed by atoms with van der Waals surface area (Å²) in [7, 11) is 3.06. The van der Waals surface area contributed by atoms with Gasteiger partial charge >= 0.3 is 5.97 Å². The van der Waals surface area contributed by atoms with Crippen molar-refractivity contribution in [3.05, 3.63) is 120 Å². The van der Waals surface area contributed by atoms with E-state index in [1.165, 1.54) is 12.0 Å². The summed E-state index contributed by atoms with van der Waals surface area (Å²) in [5, 5.41) is 13.9. The summed E-state index contributed by atoms with van der Waals surface area (Å²) in [4.78, 5) is 61.0. The van der Waals surface area contributed by atoms with Crippen LogP contribution >= 0.6 is 0 Å². The van der Waals surface area contributed by atoms with E-state index < -0.39 is 72.2 Å². The van der Waals surface area contributed by atoms with Gasteiger partial charge in [-0.1, -0.05) is 85.0 Å². The number of likely N-dealkylation sites (tertiary alicyclic amines) is 1. The van der Waals surface area contributed by atoms with Crippen molar-refractivity contribution in [1.82, 2.24) is 10.2 Å². The molecule has 2 fully saturated rings. The van der Waals surface area contributed by atoms with E-state index in [9.17, 15) is 14.7 Å². The number of allylic oxidation sites excluding steroid dienone is 1. The largest absolute Gasteiger partial charge is 0.497 e. The SMILES string of the molecule is COC[C@@H]1NC(=O)CC/C=C\[C@@H]2O[C@@]34C=CCN(c5ccc(OC)cc5)C(=O)[C@@H]3N([C@H](CO)c3ccccc3)C(=O)[C@H]4[C@@H]2C(=O)O[C@H]1c1ccccc1. The molecule has 12 heteroatoms. The zero-order chi connectivity index (χ0) is 37.1. The molecule has 4 aliphatic heterocycles. The second kappa shape index (κ2) is 15.4. The molecule has 0 bridgehead atoms. The molecular formula is C41H43N3O9. The molecule has 8 atom stereocenters. The van der Waals surface area contributed by atoms with Gasteiger partial charge in [-0.2, -0.15) is 0 Å². The second-order valence-electron chi connectivity index (χ2n) is 13.6. The summed E-state index contributed by atoms with van der Waals surface area (Å²) in [6.07, 6.45) is 5.52. The fraction of sp³-hybridized carbons (Fsp3) is 0.366. The second-order valence-corrected chi connectivity index (χ2v) is 13.6. The van der Waals surface area contributed by atoms with Gasteiger partial charge in [0.2, 0.25) is 11.8 Å². The maximum absolute atomic E-state index is 15.1. The number of cyclic esters (lactones) is 1. The molecule has 3 amide bonds. The number of hydrogen-bond donors (Lipinski definition) is 2. The minimum atomic E-state index is -1.61.